The Morgan fingerprint density at radius 3 is 3.00 bits per heavy atom. The molecule has 2 rings (SSSR count). The summed E-state index contributed by atoms with van der Waals surface area (Å²) in [7, 11) is 0. The third kappa shape index (κ3) is 2.30. The number of carbonyl (C=O) groups is 1. The second-order valence-electron chi connectivity index (χ2n) is 3.34. The molecule has 2 aromatic rings. The molecule has 16 heavy (non-hydrogen) atoms. The van der Waals surface area contributed by atoms with Crippen LogP contribution < -0.4 is 0 Å². The summed E-state index contributed by atoms with van der Waals surface area (Å²) in [6.45, 7) is 0.501. The summed E-state index contributed by atoms with van der Waals surface area (Å²) in [5.74, 6) is -0.936. The number of carboxylic acids is 1. The highest BCUT2D eigenvalue weighted by Crippen LogP contribution is 2.16. The molecule has 0 atom stereocenters. The van der Waals surface area contributed by atoms with Crippen LogP contribution in [0.2, 0.25) is 0 Å². The van der Waals surface area contributed by atoms with E-state index >= 15 is 0 Å². The van der Waals surface area contributed by atoms with E-state index in [0.29, 0.717) is 6.54 Å². The van der Waals surface area contributed by atoms with Crippen LogP contribution in [0.15, 0.2) is 41.3 Å². The number of pyridine rings is 1. The molecular formula is C11H9BrN2O2. The molecule has 0 saturated heterocycles. The first-order valence-electron chi connectivity index (χ1n) is 4.64. The zero-order valence-corrected chi connectivity index (χ0v) is 9.89. The number of aromatic carboxylic acids is 1. The Morgan fingerprint density at radius 1 is 1.56 bits per heavy atom. The van der Waals surface area contributed by atoms with Gasteiger partial charge in [-0.25, -0.2) is 4.79 Å². The summed E-state index contributed by atoms with van der Waals surface area (Å²) in [5.41, 5.74) is 1.23. The third-order valence-electron chi connectivity index (χ3n) is 2.16. The lowest BCUT2D eigenvalue weighted by atomic mass is 10.3. The summed E-state index contributed by atoms with van der Waals surface area (Å²) in [5, 5.41) is 9.00. The minimum Gasteiger partial charge on any atom is -0.477 e. The van der Waals surface area contributed by atoms with Gasteiger partial charge in [-0.1, -0.05) is 6.07 Å². The molecule has 0 spiro atoms. The Kier molecular flexibility index (Phi) is 3.05. The number of carboxylic acid groups (broad SMARTS) is 1. The number of hydrogen-bond acceptors (Lipinski definition) is 2. The van der Waals surface area contributed by atoms with Crippen molar-refractivity contribution in [2.75, 3.05) is 0 Å². The Labute approximate surface area is 101 Å². The molecule has 0 saturated carbocycles. The van der Waals surface area contributed by atoms with Crippen molar-refractivity contribution in [2.45, 2.75) is 6.54 Å². The summed E-state index contributed by atoms with van der Waals surface area (Å²) in [6, 6.07) is 5.32. The van der Waals surface area contributed by atoms with Gasteiger partial charge < -0.3 is 9.67 Å². The smallest absolute Gasteiger partial charge is 0.352 e. The Hall–Kier alpha value is -1.62. The number of nitrogens with zero attached hydrogens (tertiary/aromatic N) is 2. The second-order valence-corrected chi connectivity index (χ2v) is 4.25. The van der Waals surface area contributed by atoms with Gasteiger partial charge >= 0.3 is 5.97 Å². The molecule has 4 nitrogen and oxygen atoms in total. The van der Waals surface area contributed by atoms with E-state index in [2.05, 4.69) is 20.9 Å². The highest BCUT2D eigenvalue weighted by atomic mass is 79.9. The molecule has 0 unspecified atom stereocenters. The molecule has 0 radical (unpaired) electrons. The summed E-state index contributed by atoms with van der Waals surface area (Å²) in [6.07, 6.45) is 5.16. The van der Waals surface area contributed by atoms with Gasteiger partial charge in [-0.05, 0) is 33.6 Å². The minimum absolute atomic E-state index is 0.260. The van der Waals surface area contributed by atoms with Crippen LogP contribution in [0, 0.1) is 0 Å². The first kappa shape index (κ1) is 10.9. The molecule has 0 fully saturated rings. The molecule has 0 aliphatic carbocycles. The third-order valence-corrected chi connectivity index (χ3v) is 2.59. The van der Waals surface area contributed by atoms with E-state index in [-0.39, 0.29) is 5.69 Å². The molecule has 5 heteroatoms. The molecule has 2 aromatic heterocycles. The fourth-order valence-electron chi connectivity index (χ4n) is 1.47. The molecule has 0 amide bonds. The van der Waals surface area contributed by atoms with Crippen LogP contribution in [0.4, 0.5) is 0 Å². The molecule has 0 aromatic carbocycles. The Balaban J connectivity index is 2.31. The van der Waals surface area contributed by atoms with E-state index in [1.54, 1.807) is 29.2 Å². The first-order valence-corrected chi connectivity index (χ1v) is 5.44. The van der Waals surface area contributed by atoms with Crippen molar-refractivity contribution < 1.29 is 9.90 Å². The van der Waals surface area contributed by atoms with Gasteiger partial charge in [0.15, 0.2) is 0 Å². The van der Waals surface area contributed by atoms with Gasteiger partial charge in [0.1, 0.15) is 5.69 Å². The molecule has 82 valence electrons. The van der Waals surface area contributed by atoms with Gasteiger partial charge in [-0.2, -0.15) is 0 Å². The fraction of sp³-hybridized carbons (Fsp3) is 0.0909. The molecule has 0 aliphatic rings. The van der Waals surface area contributed by atoms with Crippen LogP contribution in [0.1, 0.15) is 16.1 Å². The van der Waals surface area contributed by atoms with Crippen LogP contribution in [0.5, 0.6) is 0 Å². The van der Waals surface area contributed by atoms with Crippen LogP contribution >= 0.6 is 15.9 Å². The molecular weight excluding hydrogens is 272 g/mol. The highest BCUT2D eigenvalue weighted by Gasteiger charge is 2.11. The van der Waals surface area contributed by atoms with E-state index in [0.717, 1.165) is 10.0 Å². The van der Waals surface area contributed by atoms with Crippen molar-refractivity contribution in [1.82, 2.24) is 9.55 Å². The Bertz CT molecular complexity index is 508. The zero-order chi connectivity index (χ0) is 11.5. The molecule has 1 N–H and O–H groups in total. The summed E-state index contributed by atoms with van der Waals surface area (Å²) < 4.78 is 2.43. The van der Waals surface area contributed by atoms with Gasteiger partial charge in [0.05, 0.1) is 0 Å². The average molecular weight is 281 g/mol. The molecule has 0 bridgehead atoms. The standard InChI is InChI=1S/C11H9BrN2O2/c12-9-4-10(11(15)16)14(7-9)6-8-2-1-3-13-5-8/h1-5,7H,6H2,(H,15,16). The predicted octanol–water partition coefficient (Wildman–Crippen LogP) is 2.39. The lowest BCUT2D eigenvalue weighted by Gasteiger charge is -2.05. The van der Waals surface area contributed by atoms with Crippen molar-refractivity contribution in [1.29, 1.82) is 0 Å². The number of hydrogen-bond donors (Lipinski definition) is 1. The molecule has 0 aliphatic heterocycles. The lowest BCUT2D eigenvalue weighted by molar-refractivity contribution is 0.0685. The van der Waals surface area contributed by atoms with Gasteiger partial charge in [0.2, 0.25) is 0 Å². The maximum absolute atomic E-state index is 11.0. The second kappa shape index (κ2) is 4.49. The average Bonchev–Trinajstić information content (AvgIpc) is 2.61. The largest absolute Gasteiger partial charge is 0.477 e. The maximum Gasteiger partial charge on any atom is 0.352 e. The van der Waals surface area contributed by atoms with Crippen molar-refractivity contribution in [2.24, 2.45) is 0 Å². The van der Waals surface area contributed by atoms with E-state index in [9.17, 15) is 4.79 Å². The highest BCUT2D eigenvalue weighted by molar-refractivity contribution is 9.10. The maximum atomic E-state index is 11.0. The van der Waals surface area contributed by atoms with Crippen LogP contribution in [0.25, 0.3) is 0 Å². The van der Waals surface area contributed by atoms with E-state index < -0.39 is 5.97 Å². The number of rotatable bonds is 3. The predicted molar refractivity (Wildman–Crippen MR) is 62.4 cm³/mol. The van der Waals surface area contributed by atoms with Gasteiger partial charge in [0.25, 0.3) is 0 Å². The SMILES string of the molecule is O=C(O)c1cc(Br)cn1Cc1cccnc1. The van der Waals surface area contributed by atoms with E-state index in [4.69, 9.17) is 5.11 Å². The first-order chi connectivity index (χ1) is 7.66. The van der Waals surface area contributed by atoms with E-state index in [1.807, 2.05) is 12.1 Å². The van der Waals surface area contributed by atoms with E-state index in [1.165, 1.54) is 0 Å². The topological polar surface area (TPSA) is 55.1 Å². The minimum atomic E-state index is -0.936. The summed E-state index contributed by atoms with van der Waals surface area (Å²) >= 11 is 3.26. The normalized spacial score (nSPS) is 10.3. The fourth-order valence-corrected chi connectivity index (χ4v) is 1.94. The quantitative estimate of drug-likeness (QED) is 0.939. The summed E-state index contributed by atoms with van der Waals surface area (Å²) in [4.78, 5) is 15.0. The van der Waals surface area contributed by atoms with Gasteiger partial charge in [0, 0.05) is 29.6 Å². The van der Waals surface area contributed by atoms with Crippen molar-refractivity contribution in [3.63, 3.8) is 0 Å². The van der Waals surface area contributed by atoms with Crippen LogP contribution in [-0.4, -0.2) is 20.6 Å². The number of halogens is 1. The Morgan fingerprint density at radius 2 is 2.38 bits per heavy atom. The molecule has 2 heterocycles. The lowest BCUT2D eigenvalue weighted by Crippen LogP contribution is -2.08. The monoisotopic (exact) mass is 280 g/mol. The van der Waals surface area contributed by atoms with Crippen molar-refractivity contribution in [3.05, 3.63) is 52.5 Å². The number of aromatic nitrogens is 2. The van der Waals surface area contributed by atoms with Crippen molar-refractivity contribution >= 4 is 21.9 Å². The van der Waals surface area contributed by atoms with Crippen LogP contribution in [-0.2, 0) is 6.54 Å². The van der Waals surface area contributed by atoms with Crippen LogP contribution in [0.3, 0.4) is 0 Å². The van der Waals surface area contributed by atoms with Gasteiger partial charge in [-0.15, -0.1) is 0 Å². The zero-order valence-electron chi connectivity index (χ0n) is 8.30. The van der Waals surface area contributed by atoms with Crippen molar-refractivity contribution in [3.8, 4) is 0 Å². The van der Waals surface area contributed by atoms with Gasteiger partial charge in [-0.3, -0.25) is 4.98 Å².